The lowest BCUT2D eigenvalue weighted by Crippen LogP contribution is -1.80. The van der Waals surface area contributed by atoms with E-state index in [1.165, 1.54) is 0 Å². The smallest absolute Gasteiger partial charge is 0.144 e. The van der Waals surface area contributed by atoms with Crippen molar-refractivity contribution in [2.75, 3.05) is 0 Å². The maximum absolute atomic E-state index is 5.40. The Bertz CT molecular complexity index is 551. The van der Waals surface area contributed by atoms with Crippen molar-refractivity contribution in [3.8, 4) is 11.4 Å². The van der Waals surface area contributed by atoms with E-state index in [-0.39, 0.29) is 0 Å². The lowest BCUT2D eigenvalue weighted by Gasteiger charge is -1.96. The first-order valence-electron chi connectivity index (χ1n) is 4.33. The first-order valence-corrected chi connectivity index (χ1v) is 4.33. The summed E-state index contributed by atoms with van der Waals surface area (Å²) in [5.41, 5.74) is 1.82. The molecular formula is C11H7N2O. The van der Waals surface area contributed by atoms with Crippen LogP contribution in [0.25, 0.3) is 22.4 Å². The molecule has 0 saturated heterocycles. The number of rotatable bonds is 1. The third kappa shape index (κ3) is 0.956. The fourth-order valence-corrected chi connectivity index (χ4v) is 1.55. The molecule has 0 spiro atoms. The highest BCUT2D eigenvalue weighted by Crippen LogP contribution is 2.26. The second-order valence-electron chi connectivity index (χ2n) is 3.02. The van der Waals surface area contributed by atoms with Gasteiger partial charge in [0, 0.05) is 11.6 Å². The highest BCUT2D eigenvalue weighted by Gasteiger charge is 2.07. The molecule has 0 amide bonds. The average molecular weight is 183 g/mol. The molecule has 14 heavy (non-hydrogen) atoms. The third-order valence-corrected chi connectivity index (χ3v) is 2.18. The normalized spacial score (nSPS) is 10.9. The number of furan rings is 1. The van der Waals surface area contributed by atoms with Gasteiger partial charge in [-0.1, -0.05) is 12.1 Å². The van der Waals surface area contributed by atoms with Gasteiger partial charge in [0.25, 0.3) is 0 Å². The van der Waals surface area contributed by atoms with Crippen LogP contribution in [0, 0.1) is 6.20 Å². The Morgan fingerprint density at radius 2 is 2.29 bits per heavy atom. The quantitative estimate of drug-likeness (QED) is 0.630. The van der Waals surface area contributed by atoms with E-state index in [0.29, 0.717) is 0 Å². The molecule has 1 aromatic carbocycles. The van der Waals surface area contributed by atoms with Crippen LogP contribution in [0.2, 0.25) is 0 Å². The van der Waals surface area contributed by atoms with Crippen molar-refractivity contribution < 1.29 is 4.42 Å². The van der Waals surface area contributed by atoms with E-state index in [9.17, 15) is 0 Å². The maximum atomic E-state index is 5.40. The lowest BCUT2D eigenvalue weighted by molar-refractivity contribution is 0.616. The summed E-state index contributed by atoms with van der Waals surface area (Å²) in [7, 11) is 0. The molecule has 1 N–H and O–H groups in total. The van der Waals surface area contributed by atoms with Gasteiger partial charge < -0.3 is 9.40 Å². The zero-order valence-electron chi connectivity index (χ0n) is 7.32. The molecule has 0 atom stereocenters. The standard InChI is InChI=1S/C11H7N2O/c1-2-8-4-7-14-10(8)9(3-1)11-12-5-6-13-11/h1-5,7H,(H,12,13). The molecule has 1 radical (unpaired) electrons. The van der Waals surface area contributed by atoms with Gasteiger partial charge in [0.1, 0.15) is 17.6 Å². The predicted molar refractivity (Wildman–Crippen MR) is 52.6 cm³/mol. The largest absolute Gasteiger partial charge is 0.464 e. The monoisotopic (exact) mass is 183 g/mol. The van der Waals surface area contributed by atoms with Crippen molar-refractivity contribution in [1.82, 2.24) is 9.97 Å². The first kappa shape index (κ1) is 7.38. The van der Waals surface area contributed by atoms with Gasteiger partial charge >= 0.3 is 0 Å². The zero-order valence-corrected chi connectivity index (χ0v) is 7.32. The fourth-order valence-electron chi connectivity index (χ4n) is 1.55. The number of nitrogens with zero attached hydrogens (tertiary/aromatic N) is 1. The number of para-hydroxylation sites is 1. The Kier molecular flexibility index (Phi) is 1.44. The lowest BCUT2D eigenvalue weighted by atomic mass is 10.1. The predicted octanol–water partition coefficient (Wildman–Crippen LogP) is 2.62. The molecular weight excluding hydrogens is 176 g/mol. The van der Waals surface area contributed by atoms with Crippen molar-refractivity contribution in [2.24, 2.45) is 0 Å². The minimum absolute atomic E-state index is 0.783. The molecule has 0 aliphatic heterocycles. The van der Waals surface area contributed by atoms with E-state index in [1.807, 2.05) is 24.3 Å². The summed E-state index contributed by atoms with van der Waals surface area (Å²) in [5.74, 6) is 0.783. The van der Waals surface area contributed by atoms with Gasteiger partial charge in [-0.15, -0.1) is 0 Å². The van der Waals surface area contributed by atoms with Crippen LogP contribution in [0.4, 0.5) is 0 Å². The average Bonchev–Trinajstić information content (AvgIpc) is 2.88. The molecule has 3 nitrogen and oxygen atoms in total. The van der Waals surface area contributed by atoms with E-state index in [4.69, 9.17) is 4.42 Å². The number of aromatic amines is 1. The Morgan fingerprint density at radius 1 is 1.29 bits per heavy atom. The summed E-state index contributed by atoms with van der Waals surface area (Å²) in [6.45, 7) is 0. The van der Waals surface area contributed by atoms with Crippen LogP contribution in [-0.4, -0.2) is 9.97 Å². The molecule has 3 aromatic rings. The van der Waals surface area contributed by atoms with Crippen LogP contribution >= 0.6 is 0 Å². The van der Waals surface area contributed by atoms with E-state index in [0.717, 1.165) is 22.4 Å². The first-order chi connectivity index (χ1) is 6.95. The zero-order chi connectivity index (χ0) is 9.38. The summed E-state index contributed by atoms with van der Waals surface area (Å²) in [6, 6.07) is 7.90. The molecule has 0 bridgehead atoms. The van der Waals surface area contributed by atoms with E-state index < -0.39 is 0 Å². The summed E-state index contributed by atoms with van der Waals surface area (Å²) >= 11 is 0. The molecule has 3 heteroatoms. The van der Waals surface area contributed by atoms with Crippen LogP contribution in [0.1, 0.15) is 0 Å². The molecule has 0 unspecified atom stereocenters. The van der Waals surface area contributed by atoms with Crippen LogP contribution in [0.5, 0.6) is 0 Å². The molecule has 0 aliphatic carbocycles. The van der Waals surface area contributed by atoms with Crippen LogP contribution in [0.15, 0.2) is 41.1 Å². The van der Waals surface area contributed by atoms with Gasteiger partial charge in [0.05, 0.1) is 11.8 Å². The summed E-state index contributed by atoms with van der Waals surface area (Å²) in [4.78, 5) is 7.08. The maximum Gasteiger partial charge on any atom is 0.144 e. The number of H-pyrrole nitrogens is 1. The molecule has 0 fully saturated rings. The van der Waals surface area contributed by atoms with Crippen molar-refractivity contribution in [2.45, 2.75) is 0 Å². The van der Waals surface area contributed by atoms with Gasteiger partial charge in [-0.25, -0.2) is 4.98 Å². The fraction of sp³-hybridized carbons (Fsp3) is 0. The molecule has 3 rings (SSSR count). The Labute approximate surface area is 80.4 Å². The van der Waals surface area contributed by atoms with Crippen molar-refractivity contribution in [1.29, 1.82) is 0 Å². The van der Waals surface area contributed by atoms with Gasteiger partial charge in [-0.05, 0) is 12.1 Å². The minimum Gasteiger partial charge on any atom is -0.464 e. The number of aromatic nitrogens is 2. The summed E-state index contributed by atoms with van der Waals surface area (Å²) in [5, 5.41) is 1.08. The third-order valence-electron chi connectivity index (χ3n) is 2.18. The molecule has 2 heterocycles. The number of hydrogen-bond donors (Lipinski definition) is 1. The molecule has 2 aromatic heterocycles. The number of nitrogens with one attached hydrogen (secondary N) is 1. The number of benzene rings is 1. The SMILES string of the molecule is [c]1c[nH]c(-c2cccc3ccoc23)n1. The van der Waals surface area contributed by atoms with Crippen molar-refractivity contribution >= 4 is 11.0 Å². The van der Waals surface area contributed by atoms with E-state index in [2.05, 4.69) is 16.2 Å². The van der Waals surface area contributed by atoms with Gasteiger partial charge in [0.15, 0.2) is 0 Å². The second kappa shape index (κ2) is 2.73. The highest BCUT2D eigenvalue weighted by molar-refractivity contribution is 5.90. The van der Waals surface area contributed by atoms with E-state index in [1.54, 1.807) is 12.5 Å². The number of hydrogen-bond acceptors (Lipinski definition) is 2. The highest BCUT2D eigenvalue weighted by atomic mass is 16.3. The second-order valence-corrected chi connectivity index (χ2v) is 3.02. The van der Waals surface area contributed by atoms with E-state index >= 15 is 0 Å². The minimum atomic E-state index is 0.783. The Balaban J connectivity index is 2.36. The van der Waals surface area contributed by atoms with Crippen molar-refractivity contribution in [3.05, 3.63) is 42.9 Å². The Morgan fingerprint density at radius 3 is 3.14 bits per heavy atom. The van der Waals surface area contributed by atoms with Gasteiger partial charge in [-0.3, -0.25) is 0 Å². The topological polar surface area (TPSA) is 41.8 Å². The summed E-state index contributed by atoms with van der Waals surface area (Å²) in [6.07, 6.45) is 6.10. The molecule has 0 aliphatic rings. The van der Waals surface area contributed by atoms with Crippen LogP contribution < -0.4 is 0 Å². The number of imidazole rings is 1. The Hall–Kier alpha value is -2.03. The van der Waals surface area contributed by atoms with Gasteiger partial charge in [0.2, 0.25) is 0 Å². The molecule has 67 valence electrons. The van der Waals surface area contributed by atoms with Crippen molar-refractivity contribution in [3.63, 3.8) is 0 Å². The molecule has 0 saturated carbocycles. The van der Waals surface area contributed by atoms with Gasteiger partial charge in [-0.2, -0.15) is 0 Å². The number of fused-ring (bicyclic) bond motifs is 1. The van der Waals surface area contributed by atoms with Crippen LogP contribution in [0.3, 0.4) is 0 Å². The summed E-state index contributed by atoms with van der Waals surface area (Å²) < 4.78 is 5.40. The van der Waals surface area contributed by atoms with Crippen LogP contribution in [-0.2, 0) is 0 Å².